The summed E-state index contributed by atoms with van der Waals surface area (Å²) >= 11 is 0. The maximum Gasteiger partial charge on any atom is 0.411 e. The molecular weight excluding hydrogens is 213 g/mol. The molecule has 0 aromatic heterocycles. The molecule has 0 saturated carbocycles. The first-order chi connectivity index (χ1) is 5.56. The first-order valence-electron chi connectivity index (χ1n) is 3.11. The molecule has 0 spiro atoms. The molecule has 1 radical (unpaired) electrons. The molecular formula is C5H10F3O4S. The van der Waals surface area contributed by atoms with Crippen molar-refractivity contribution in [3.05, 3.63) is 0 Å². The molecule has 4 nitrogen and oxygen atoms in total. The van der Waals surface area contributed by atoms with Crippen LogP contribution >= 0.6 is 0 Å². The third kappa shape index (κ3) is 50.1. The van der Waals surface area contributed by atoms with Crippen LogP contribution in [0.25, 0.3) is 0 Å². The van der Waals surface area contributed by atoms with Crippen molar-refractivity contribution < 1.29 is 30.9 Å². The van der Waals surface area contributed by atoms with Crippen molar-refractivity contribution in [1.82, 2.24) is 0 Å². The highest BCUT2D eigenvalue weighted by Gasteiger charge is 2.26. The lowest BCUT2D eigenvalue weighted by molar-refractivity contribution is -0.172. The van der Waals surface area contributed by atoms with E-state index in [1.807, 2.05) is 0 Å². The van der Waals surface area contributed by atoms with Gasteiger partial charge in [-0.05, 0) is 6.92 Å². The third-order valence-electron chi connectivity index (χ3n) is 0.470. The summed E-state index contributed by atoms with van der Waals surface area (Å²) in [6, 6.07) is 0. The zero-order chi connectivity index (χ0) is 11.1. The summed E-state index contributed by atoms with van der Waals surface area (Å²) in [7, 11) is -3.92. The maximum atomic E-state index is 11.1. The van der Waals surface area contributed by atoms with Crippen LogP contribution in [0.3, 0.4) is 0 Å². The van der Waals surface area contributed by atoms with Crippen LogP contribution < -0.4 is 0 Å². The van der Waals surface area contributed by atoms with Crippen LogP contribution in [0.4, 0.5) is 13.2 Å². The van der Waals surface area contributed by atoms with Crippen molar-refractivity contribution >= 4 is 10.1 Å². The van der Waals surface area contributed by atoms with Crippen molar-refractivity contribution in [2.75, 3.05) is 19.5 Å². The lowest BCUT2D eigenvalue weighted by Crippen LogP contribution is -2.16. The van der Waals surface area contributed by atoms with E-state index in [-0.39, 0.29) is 6.61 Å². The topological polar surface area (TPSA) is 63.3 Å². The first kappa shape index (κ1) is 15.1. The number of alkyl halides is 3. The molecule has 0 unspecified atom stereocenters. The summed E-state index contributed by atoms with van der Waals surface area (Å²) in [5, 5.41) is 0. The van der Waals surface area contributed by atoms with Crippen molar-refractivity contribution in [2.24, 2.45) is 0 Å². The summed E-state index contributed by atoms with van der Waals surface area (Å²) < 4.78 is 64.7. The highest BCUT2D eigenvalue weighted by atomic mass is 32.2. The molecule has 0 aliphatic rings. The van der Waals surface area contributed by atoms with Crippen LogP contribution in [0.15, 0.2) is 0 Å². The van der Waals surface area contributed by atoms with Crippen LogP contribution in [-0.2, 0) is 19.4 Å². The smallest absolute Gasteiger partial charge is 0.372 e. The molecule has 0 saturated heterocycles. The van der Waals surface area contributed by atoms with E-state index >= 15 is 0 Å². The molecule has 0 heterocycles. The zero-order valence-corrected chi connectivity index (χ0v) is 7.91. The maximum absolute atomic E-state index is 11.1. The van der Waals surface area contributed by atoms with Crippen LogP contribution in [-0.4, -0.2) is 34.1 Å². The normalized spacial score (nSPS) is 11.8. The van der Waals surface area contributed by atoms with E-state index in [0.29, 0.717) is 6.26 Å². The summed E-state index contributed by atoms with van der Waals surface area (Å²) in [6.07, 6.45) is -3.57. The number of ether oxygens (including phenoxy) is 1. The van der Waals surface area contributed by atoms with E-state index in [2.05, 4.69) is 4.74 Å². The monoisotopic (exact) mass is 223 g/mol. The Morgan fingerprint density at radius 1 is 1.31 bits per heavy atom. The van der Waals surface area contributed by atoms with Gasteiger partial charge in [-0.25, -0.2) is 0 Å². The molecule has 0 rings (SSSR count). The van der Waals surface area contributed by atoms with Crippen LogP contribution in [0.2, 0.25) is 0 Å². The molecule has 0 aliphatic heterocycles. The Morgan fingerprint density at radius 2 is 1.62 bits per heavy atom. The van der Waals surface area contributed by atoms with Gasteiger partial charge in [0.25, 0.3) is 10.1 Å². The number of hydrogen-bond acceptors (Lipinski definition) is 3. The lowest BCUT2D eigenvalue weighted by atomic mass is 10.7. The number of halogens is 3. The molecule has 0 fully saturated rings. The molecule has 0 N–H and O–H groups in total. The van der Waals surface area contributed by atoms with Crippen LogP contribution in [0, 0.1) is 0 Å². The Kier molecular flexibility index (Phi) is 7.18. The average molecular weight is 223 g/mol. The quantitative estimate of drug-likeness (QED) is 0.700. The van der Waals surface area contributed by atoms with Crippen LogP contribution in [0.1, 0.15) is 6.92 Å². The fourth-order valence-electron chi connectivity index (χ4n) is 0.218. The van der Waals surface area contributed by atoms with Gasteiger partial charge in [-0.1, -0.05) is 4.55 Å². The lowest BCUT2D eigenvalue weighted by Gasteiger charge is -2.03. The zero-order valence-electron chi connectivity index (χ0n) is 7.09. The molecule has 0 aromatic rings. The van der Waals surface area contributed by atoms with E-state index < -0.39 is 22.9 Å². The molecule has 0 amide bonds. The van der Waals surface area contributed by atoms with Crippen molar-refractivity contribution in [1.29, 1.82) is 0 Å². The summed E-state index contributed by atoms with van der Waals surface area (Å²) in [6.45, 7) is 0.495. The van der Waals surface area contributed by atoms with Gasteiger partial charge in [0.15, 0.2) is 0 Å². The van der Waals surface area contributed by atoms with Gasteiger partial charge >= 0.3 is 6.18 Å². The van der Waals surface area contributed by atoms with E-state index in [1.54, 1.807) is 0 Å². The minimum Gasteiger partial charge on any atom is -0.372 e. The molecule has 81 valence electrons. The van der Waals surface area contributed by atoms with Crippen molar-refractivity contribution in [3.8, 4) is 0 Å². The van der Waals surface area contributed by atoms with E-state index in [1.165, 1.54) is 6.92 Å². The van der Waals surface area contributed by atoms with E-state index in [9.17, 15) is 13.2 Å². The fraction of sp³-hybridized carbons (Fsp3) is 1.00. The molecule has 0 aromatic carbocycles. The van der Waals surface area contributed by atoms with Crippen molar-refractivity contribution in [2.45, 2.75) is 13.1 Å². The van der Waals surface area contributed by atoms with Gasteiger partial charge in [-0.3, -0.25) is 0 Å². The second-order valence-corrected chi connectivity index (χ2v) is 3.36. The number of rotatable bonds is 2. The summed E-state index contributed by atoms with van der Waals surface area (Å²) in [5.74, 6) is 0. The van der Waals surface area contributed by atoms with Gasteiger partial charge in [0.05, 0.1) is 6.26 Å². The summed E-state index contributed by atoms with van der Waals surface area (Å²) in [4.78, 5) is 0. The molecule has 13 heavy (non-hydrogen) atoms. The van der Waals surface area contributed by atoms with Crippen LogP contribution in [0.5, 0.6) is 0 Å². The predicted octanol–water partition coefficient (Wildman–Crippen LogP) is 0.962. The second-order valence-electron chi connectivity index (χ2n) is 1.96. The van der Waals surface area contributed by atoms with Gasteiger partial charge in [-0.2, -0.15) is 21.6 Å². The Labute approximate surface area is 74.4 Å². The minimum absolute atomic E-state index is 0.111. The third-order valence-corrected chi connectivity index (χ3v) is 0.470. The Morgan fingerprint density at radius 3 is 1.69 bits per heavy atom. The van der Waals surface area contributed by atoms with E-state index in [4.69, 9.17) is 13.0 Å². The average Bonchev–Trinajstić information content (AvgIpc) is 1.77. The Bertz CT molecular complexity index is 200. The Balaban J connectivity index is 0. The van der Waals surface area contributed by atoms with Gasteiger partial charge < -0.3 is 4.74 Å². The van der Waals surface area contributed by atoms with Gasteiger partial charge in [0, 0.05) is 6.61 Å². The highest BCUT2D eigenvalue weighted by molar-refractivity contribution is 7.84. The fourth-order valence-corrected chi connectivity index (χ4v) is 0.218. The van der Waals surface area contributed by atoms with Gasteiger partial charge in [-0.15, -0.1) is 0 Å². The largest absolute Gasteiger partial charge is 0.411 e. The second kappa shape index (κ2) is 6.17. The van der Waals surface area contributed by atoms with Gasteiger partial charge in [0.2, 0.25) is 0 Å². The molecule has 8 heteroatoms. The highest BCUT2D eigenvalue weighted by Crippen LogP contribution is 2.13. The van der Waals surface area contributed by atoms with E-state index in [0.717, 1.165) is 0 Å². The Hall–Kier alpha value is -0.340. The molecule has 0 atom stereocenters. The first-order valence-corrected chi connectivity index (χ1v) is 4.93. The van der Waals surface area contributed by atoms with Gasteiger partial charge in [0.1, 0.15) is 6.61 Å². The minimum atomic E-state index is -4.17. The molecule has 0 bridgehead atoms. The number of hydrogen-bond donors (Lipinski definition) is 0. The summed E-state index contributed by atoms with van der Waals surface area (Å²) in [5.41, 5.74) is 0. The molecule has 0 aliphatic carbocycles. The predicted molar refractivity (Wildman–Crippen MR) is 38.1 cm³/mol. The SMILES string of the molecule is CCOCC(F)(F)F.CS([O])(=O)=O. The van der Waals surface area contributed by atoms with Crippen molar-refractivity contribution in [3.63, 3.8) is 0 Å². The standard InChI is InChI=1S/C4H7F3O.CH3O3S/c1-2-8-3-4(5,6)7;1-5(2,3)4/h2-3H2,1H3;1H3.